The fourth-order valence-electron chi connectivity index (χ4n) is 2.03. The molecule has 2 aromatic rings. The number of Topliss-reactive ketones (excluding diaryl/α,β-unsaturated/α-hetero) is 1. The van der Waals surface area contributed by atoms with Gasteiger partial charge in [-0.25, -0.2) is 0 Å². The molecule has 0 fully saturated rings. The van der Waals surface area contributed by atoms with Gasteiger partial charge in [0.2, 0.25) is 0 Å². The summed E-state index contributed by atoms with van der Waals surface area (Å²) < 4.78 is 4.83. The molecule has 0 heterocycles. The predicted octanol–water partition coefficient (Wildman–Crippen LogP) is 3.26. The van der Waals surface area contributed by atoms with Gasteiger partial charge in [-0.3, -0.25) is 9.59 Å². The molecule has 0 unspecified atom stereocenters. The summed E-state index contributed by atoms with van der Waals surface area (Å²) in [4.78, 5) is 22.5. The molecule has 0 aliphatic heterocycles. The van der Waals surface area contributed by atoms with Gasteiger partial charge in [-0.2, -0.15) is 0 Å². The Kier molecular flexibility index (Phi) is 4.31. The van der Waals surface area contributed by atoms with Crippen LogP contribution in [0, 0.1) is 13.8 Å². The third kappa shape index (κ3) is 3.32. The summed E-state index contributed by atoms with van der Waals surface area (Å²) in [5.74, 6) is 0.597. The van der Waals surface area contributed by atoms with Crippen LogP contribution in [-0.4, -0.2) is 12.3 Å². The van der Waals surface area contributed by atoms with Gasteiger partial charge in [-0.1, -0.05) is 42.0 Å². The van der Waals surface area contributed by atoms with Gasteiger partial charge < -0.3 is 4.74 Å². The number of carbonyl (C=O) groups is 2. The second-order valence-corrected chi connectivity index (χ2v) is 4.78. The second-order valence-electron chi connectivity index (χ2n) is 4.78. The zero-order chi connectivity index (χ0) is 14.5. The first-order valence-corrected chi connectivity index (χ1v) is 6.40. The van der Waals surface area contributed by atoms with E-state index in [4.69, 9.17) is 4.74 Å². The molecule has 0 aliphatic carbocycles. The molecule has 0 bridgehead atoms. The Balaban J connectivity index is 2.13. The summed E-state index contributed by atoms with van der Waals surface area (Å²) in [7, 11) is 0. The van der Waals surface area contributed by atoms with Crippen LogP contribution in [0.1, 0.15) is 27.0 Å². The SMILES string of the molecule is Cc1ccc(C(=O)Cc2ccc(OC=O)c(C)c2)cc1. The van der Waals surface area contributed by atoms with Crippen molar-refractivity contribution >= 4 is 12.3 Å². The van der Waals surface area contributed by atoms with Crippen molar-refractivity contribution in [3.63, 3.8) is 0 Å². The molecule has 0 saturated carbocycles. The normalized spacial score (nSPS) is 10.1. The zero-order valence-electron chi connectivity index (χ0n) is 11.6. The Morgan fingerprint density at radius 1 is 1.10 bits per heavy atom. The van der Waals surface area contributed by atoms with Crippen molar-refractivity contribution < 1.29 is 14.3 Å². The van der Waals surface area contributed by atoms with Gasteiger partial charge in [0, 0.05) is 12.0 Å². The number of carbonyl (C=O) groups excluding carboxylic acids is 2. The van der Waals surface area contributed by atoms with Crippen LogP contribution in [0.5, 0.6) is 5.75 Å². The third-order valence-corrected chi connectivity index (χ3v) is 3.15. The maximum Gasteiger partial charge on any atom is 0.298 e. The van der Waals surface area contributed by atoms with Crippen LogP contribution in [0.15, 0.2) is 42.5 Å². The van der Waals surface area contributed by atoms with E-state index in [0.717, 1.165) is 16.7 Å². The van der Waals surface area contributed by atoms with E-state index in [1.54, 1.807) is 12.1 Å². The Bertz CT molecular complexity index is 627. The highest BCUT2D eigenvalue weighted by Crippen LogP contribution is 2.19. The van der Waals surface area contributed by atoms with Crippen LogP contribution in [0.4, 0.5) is 0 Å². The van der Waals surface area contributed by atoms with E-state index >= 15 is 0 Å². The van der Waals surface area contributed by atoms with Crippen molar-refractivity contribution in [3.05, 3.63) is 64.7 Å². The van der Waals surface area contributed by atoms with Crippen LogP contribution >= 0.6 is 0 Å². The molecule has 0 atom stereocenters. The first-order valence-electron chi connectivity index (χ1n) is 6.40. The summed E-state index contributed by atoms with van der Waals surface area (Å²) in [6, 6.07) is 12.9. The standard InChI is InChI=1S/C17H16O3/c1-12-3-6-15(7-4-12)16(19)10-14-5-8-17(20-11-18)13(2)9-14/h3-9,11H,10H2,1-2H3. The summed E-state index contributed by atoms with van der Waals surface area (Å²) >= 11 is 0. The first-order chi connectivity index (χ1) is 9.60. The smallest absolute Gasteiger partial charge is 0.298 e. The van der Waals surface area contributed by atoms with E-state index in [9.17, 15) is 9.59 Å². The molecule has 0 aliphatic rings. The third-order valence-electron chi connectivity index (χ3n) is 3.15. The van der Waals surface area contributed by atoms with Crippen molar-refractivity contribution in [2.45, 2.75) is 20.3 Å². The molecule has 0 saturated heterocycles. The summed E-state index contributed by atoms with van der Waals surface area (Å²) in [5.41, 5.74) is 3.59. The molecule has 102 valence electrons. The molecule has 3 heteroatoms. The number of ketones is 1. The van der Waals surface area contributed by atoms with Gasteiger partial charge in [0.15, 0.2) is 5.78 Å². The number of rotatable bonds is 5. The van der Waals surface area contributed by atoms with Gasteiger partial charge in [-0.15, -0.1) is 0 Å². The van der Waals surface area contributed by atoms with Crippen LogP contribution in [0.2, 0.25) is 0 Å². The number of aryl methyl sites for hydroxylation is 2. The number of benzene rings is 2. The van der Waals surface area contributed by atoms with Gasteiger partial charge in [0.25, 0.3) is 6.47 Å². The minimum Gasteiger partial charge on any atom is -0.428 e. The second kappa shape index (κ2) is 6.15. The van der Waals surface area contributed by atoms with Crippen LogP contribution < -0.4 is 4.74 Å². The molecule has 0 aromatic heterocycles. The first kappa shape index (κ1) is 14.0. The molecule has 0 amide bonds. The highest BCUT2D eigenvalue weighted by Gasteiger charge is 2.08. The van der Waals surface area contributed by atoms with Gasteiger partial charge in [0.1, 0.15) is 5.75 Å². The minimum absolute atomic E-state index is 0.0773. The molecular weight excluding hydrogens is 252 g/mol. The number of ether oxygens (including phenoxy) is 1. The van der Waals surface area contributed by atoms with Crippen molar-refractivity contribution in [1.82, 2.24) is 0 Å². The van der Waals surface area contributed by atoms with Crippen molar-refractivity contribution in [1.29, 1.82) is 0 Å². The van der Waals surface area contributed by atoms with E-state index in [1.807, 2.05) is 44.2 Å². The molecular formula is C17H16O3. The average molecular weight is 268 g/mol. The van der Waals surface area contributed by atoms with E-state index in [1.165, 1.54) is 0 Å². The monoisotopic (exact) mass is 268 g/mol. The summed E-state index contributed by atoms with van der Waals surface area (Å²) in [6.07, 6.45) is 0.339. The topological polar surface area (TPSA) is 43.4 Å². The largest absolute Gasteiger partial charge is 0.428 e. The highest BCUT2D eigenvalue weighted by molar-refractivity contribution is 5.97. The fourth-order valence-corrected chi connectivity index (χ4v) is 2.03. The van der Waals surface area contributed by atoms with E-state index < -0.39 is 0 Å². The number of hydrogen-bond acceptors (Lipinski definition) is 3. The van der Waals surface area contributed by atoms with Crippen LogP contribution in [0.25, 0.3) is 0 Å². The summed E-state index contributed by atoms with van der Waals surface area (Å²) in [6.45, 7) is 4.24. The molecule has 2 rings (SSSR count). The Morgan fingerprint density at radius 3 is 2.40 bits per heavy atom. The highest BCUT2D eigenvalue weighted by atomic mass is 16.5. The average Bonchev–Trinajstić information content (AvgIpc) is 2.42. The van der Waals surface area contributed by atoms with E-state index in [0.29, 0.717) is 24.2 Å². The van der Waals surface area contributed by atoms with Crippen LogP contribution in [0.3, 0.4) is 0 Å². The van der Waals surface area contributed by atoms with Gasteiger partial charge >= 0.3 is 0 Å². The lowest BCUT2D eigenvalue weighted by Crippen LogP contribution is -2.04. The van der Waals surface area contributed by atoms with Gasteiger partial charge in [0.05, 0.1) is 0 Å². The molecule has 0 spiro atoms. The molecule has 20 heavy (non-hydrogen) atoms. The Hall–Kier alpha value is -2.42. The number of hydrogen-bond donors (Lipinski definition) is 0. The van der Waals surface area contributed by atoms with Crippen molar-refractivity contribution in [3.8, 4) is 5.75 Å². The lowest BCUT2D eigenvalue weighted by atomic mass is 10.0. The van der Waals surface area contributed by atoms with Gasteiger partial charge in [-0.05, 0) is 31.0 Å². The van der Waals surface area contributed by atoms with Crippen molar-refractivity contribution in [2.24, 2.45) is 0 Å². The maximum absolute atomic E-state index is 12.2. The zero-order valence-corrected chi connectivity index (χ0v) is 11.6. The Morgan fingerprint density at radius 2 is 1.80 bits per heavy atom. The molecule has 0 N–H and O–H groups in total. The Labute approximate surface area is 118 Å². The van der Waals surface area contributed by atoms with E-state index in [-0.39, 0.29) is 5.78 Å². The molecule has 2 aromatic carbocycles. The fraction of sp³-hybridized carbons (Fsp3) is 0.176. The van der Waals surface area contributed by atoms with Crippen LogP contribution in [-0.2, 0) is 11.2 Å². The lowest BCUT2D eigenvalue weighted by molar-refractivity contribution is -0.120. The predicted molar refractivity (Wildman–Crippen MR) is 77.1 cm³/mol. The molecule has 0 radical (unpaired) electrons. The quantitative estimate of drug-likeness (QED) is 0.617. The summed E-state index contributed by atoms with van der Waals surface area (Å²) in [5, 5.41) is 0. The van der Waals surface area contributed by atoms with Crippen molar-refractivity contribution in [2.75, 3.05) is 0 Å². The minimum atomic E-state index is 0.0773. The van der Waals surface area contributed by atoms with E-state index in [2.05, 4.69) is 0 Å². The maximum atomic E-state index is 12.2. The lowest BCUT2D eigenvalue weighted by Gasteiger charge is -2.06. The molecule has 3 nitrogen and oxygen atoms in total.